The van der Waals surface area contributed by atoms with E-state index in [4.69, 9.17) is 15.3 Å². The Hall–Kier alpha value is 0.594. The number of aliphatic hydroxyl groups excluding tert-OH is 3. The van der Waals surface area contributed by atoms with Gasteiger partial charge < -0.3 is 15.3 Å². The van der Waals surface area contributed by atoms with Gasteiger partial charge in [-0.05, 0) is 19.3 Å². The maximum atomic E-state index is 7.88. The Morgan fingerprint density at radius 1 is 0.615 bits per heavy atom. The van der Waals surface area contributed by atoms with E-state index >= 15 is 0 Å². The minimum Gasteiger partial charge on any atom is -0.396 e. The average Bonchev–Trinajstić information content (AvgIpc) is 2.18. The molecule has 0 saturated heterocycles. The zero-order valence-corrected chi connectivity index (χ0v) is 10.6. The second-order valence-corrected chi connectivity index (χ2v) is 2.17. The molecule has 4 heteroatoms. The Labute approximate surface area is 97.1 Å². The summed E-state index contributed by atoms with van der Waals surface area (Å²) in [6.45, 7) is 6.75. The molecule has 0 aromatic carbocycles. The topological polar surface area (TPSA) is 60.7 Å². The van der Waals surface area contributed by atoms with Gasteiger partial charge in [-0.1, -0.05) is 20.8 Å². The summed E-state index contributed by atoms with van der Waals surface area (Å²) in [5.74, 6) is 0. The minimum absolute atomic E-state index is 0. The largest absolute Gasteiger partial charge is 0.396 e. The van der Waals surface area contributed by atoms with Crippen LogP contribution in [0.1, 0.15) is 40.0 Å². The summed E-state index contributed by atoms with van der Waals surface area (Å²) in [6.07, 6.45) is 2.62. The molecule has 0 aromatic heterocycles. The van der Waals surface area contributed by atoms with Crippen LogP contribution in [0.2, 0.25) is 0 Å². The molecule has 0 fully saturated rings. The fourth-order valence-corrected chi connectivity index (χ4v) is 0. The van der Waals surface area contributed by atoms with Crippen LogP contribution in [0.15, 0.2) is 0 Å². The Morgan fingerprint density at radius 2 is 0.692 bits per heavy atom. The van der Waals surface area contributed by atoms with Gasteiger partial charge in [0.25, 0.3) is 0 Å². The van der Waals surface area contributed by atoms with E-state index in [0.29, 0.717) is 19.8 Å². The summed E-state index contributed by atoms with van der Waals surface area (Å²) in [5, 5.41) is 23.6. The van der Waals surface area contributed by atoms with Gasteiger partial charge in [0.2, 0.25) is 0 Å². The van der Waals surface area contributed by atoms with E-state index in [1.807, 2.05) is 20.8 Å². The fourth-order valence-electron chi connectivity index (χ4n) is 0. The van der Waals surface area contributed by atoms with Gasteiger partial charge >= 0.3 is 0 Å². The van der Waals surface area contributed by atoms with Gasteiger partial charge in [-0.15, -0.1) is 0 Å². The van der Waals surface area contributed by atoms with Crippen LogP contribution in [0.4, 0.5) is 0 Å². The molecule has 0 aliphatic rings. The molecule has 0 spiro atoms. The molecule has 13 heavy (non-hydrogen) atoms. The third-order valence-electron chi connectivity index (χ3n) is 0.671. The maximum Gasteiger partial charge on any atom is 0.0428 e. The van der Waals surface area contributed by atoms with Crippen LogP contribution in [0.5, 0.6) is 0 Å². The van der Waals surface area contributed by atoms with Crippen molar-refractivity contribution in [3.63, 3.8) is 0 Å². The Balaban J connectivity index is -0.0000000450. The van der Waals surface area contributed by atoms with Gasteiger partial charge in [-0.3, -0.25) is 0 Å². The van der Waals surface area contributed by atoms with Crippen molar-refractivity contribution in [2.75, 3.05) is 19.8 Å². The molecule has 3 nitrogen and oxygen atoms in total. The molecule has 3 N–H and O–H groups in total. The molecule has 0 aliphatic carbocycles. The number of hydrogen-bond acceptors (Lipinski definition) is 3. The van der Waals surface area contributed by atoms with E-state index in [2.05, 4.69) is 0 Å². The first-order valence-electron chi connectivity index (χ1n) is 4.57. The predicted molar refractivity (Wildman–Crippen MR) is 52.1 cm³/mol. The van der Waals surface area contributed by atoms with Crippen molar-refractivity contribution in [3.8, 4) is 0 Å². The van der Waals surface area contributed by atoms with Crippen LogP contribution < -0.4 is 0 Å². The van der Waals surface area contributed by atoms with E-state index in [-0.39, 0.29) is 21.7 Å². The minimum atomic E-state index is 0. The second-order valence-electron chi connectivity index (χ2n) is 2.17. The molecular formula is C9H24O3Ti. The molecule has 0 amide bonds. The average molecular weight is 228 g/mol. The molecule has 0 aromatic rings. The van der Waals surface area contributed by atoms with Crippen LogP contribution >= 0.6 is 0 Å². The first kappa shape index (κ1) is 23.4. The van der Waals surface area contributed by atoms with Gasteiger partial charge in [-0.2, -0.15) is 0 Å². The van der Waals surface area contributed by atoms with Crippen molar-refractivity contribution >= 4 is 0 Å². The zero-order chi connectivity index (χ0) is 10.2. The van der Waals surface area contributed by atoms with Crippen LogP contribution in [0, 0.1) is 0 Å². The second kappa shape index (κ2) is 38.9. The Kier molecular flexibility index (Phi) is 70.2. The van der Waals surface area contributed by atoms with Crippen molar-refractivity contribution in [2.45, 2.75) is 40.0 Å². The molecule has 0 heterocycles. The Bertz CT molecular complexity index is 30.3. The standard InChI is InChI=1S/3C3H8O.Ti/c3*1-2-3-4;/h3*4H,2-3H2,1H3;. The first-order valence-corrected chi connectivity index (χ1v) is 4.57. The Morgan fingerprint density at radius 3 is 0.692 bits per heavy atom. The molecule has 0 saturated carbocycles. The van der Waals surface area contributed by atoms with Crippen molar-refractivity contribution < 1.29 is 37.0 Å². The van der Waals surface area contributed by atoms with Gasteiger partial charge in [0.15, 0.2) is 0 Å². The molecule has 0 aliphatic heterocycles. The molecule has 0 radical (unpaired) electrons. The third kappa shape index (κ3) is 109. The summed E-state index contributed by atoms with van der Waals surface area (Å²) in [5.41, 5.74) is 0. The fraction of sp³-hybridized carbons (Fsp3) is 1.00. The SMILES string of the molecule is CCCO.CCCO.CCCO.[Ti]. The predicted octanol–water partition coefficient (Wildman–Crippen LogP) is 1.16. The number of rotatable bonds is 3. The molecular weight excluding hydrogens is 204 g/mol. The monoisotopic (exact) mass is 228 g/mol. The van der Waals surface area contributed by atoms with E-state index in [1.165, 1.54) is 0 Å². The third-order valence-corrected chi connectivity index (χ3v) is 0.671. The van der Waals surface area contributed by atoms with E-state index in [0.717, 1.165) is 19.3 Å². The summed E-state index contributed by atoms with van der Waals surface area (Å²) in [7, 11) is 0. The summed E-state index contributed by atoms with van der Waals surface area (Å²) in [6, 6.07) is 0. The van der Waals surface area contributed by atoms with Gasteiger partial charge in [0.05, 0.1) is 0 Å². The van der Waals surface area contributed by atoms with Crippen LogP contribution in [-0.2, 0) is 21.7 Å². The van der Waals surface area contributed by atoms with Gasteiger partial charge in [-0.25, -0.2) is 0 Å². The van der Waals surface area contributed by atoms with Crippen LogP contribution in [-0.4, -0.2) is 35.1 Å². The number of aliphatic hydroxyl groups is 3. The van der Waals surface area contributed by atoms with Gasteiger partial charge in [0, 0.05) is 41.5 Å². The van der Waals surface area contributed by atoms with Crippen LogP contribution in [0.25, 0.3) is 0 Å². The molecule has 0 unspecified atom stereocenters. The molecule has 0 bridgehead atoms. The van der Waals surface area contributed by atoms with E-state index < -0.39 is 0 Å². The van der Waals surface area contributed by atoms with Crippen LogP contribution in [0.3, 0.4) is 0 Å². The zero-order valence-electron chi connectivity index (χ0n) is 9.08. The van der Waals surface area contributed by atoms with Crippen molar-refractivity contribution in [2.24, 2.45) is 0 Å². The van der Waals surface area contributed by atoms with E-state index in [1.54, 1.807) is 0 Å². The molecule has 82 valence electrons. The van der Waals surface area contributed by atoms with Crippen molar-refractivity contribution in [1.29, 1.82) is 0 Å². The summed E-state index contributed by atoms with van der Waals surface area (Å²) >= 11 is 0. The first-order chi connectivity index (χ1) is 5.74. The summed E-state index contributed by atoms with van der Waals surface area (Å²) < 4.78 is 0. The van der Waals surface area contributed by atoms with E-state index in [9.17, 15) is 0 Å². The van der Waals surface area contributed by atoms with Crippen molar-refractivity contribution in [1.82, 2.24) is 0 Å². The quantitative estimate of drug-likeness (QED) is 0.635. The number of hydrogen-bond donors (Lipinski definition) is 3. The molecule has 0 rings (SSSR count). The van der Waals surface area contributed by atoms with Crippen molar-refractivity contribution in [3.05, 3.63) is 0 Å². The smallest absolute Gasteiger partial charge is 0.0428 e. The maximum absolute atomic E-state index is 7.88. The normalized spacial score (nSPS) is 6.92. The molecule has 0 atom stereocenters. The summed E-state index contributed by atoms with van der Waals surface area (Å²) in [4.78, 5) is 0. The van der Waals surface area contributed by atoms with Gasteiger partial charge in [0.1, 0.15) is 0 Å².